The van der Waals surface area contributed by atoms with Gasteiger partial charge in [0.1, 0.15) is 5.75 Å². The number of rotatable bonds is 7. The molecule has 0 aliphatic carbocycles. The van der Waals surface area contributed by atoms with E-state index in [0.717, 1.165) is 43.6 Å². The number of aromatic hydroxyl groups is 1. The van der Waals surface area contributed by atoms with Crippen LogP contribution in [0, 0.1) is 0 Å². The second-order valence-corrected chi connectivity index (χ2v) is 8.09. The zero-order valence-corrected chi connectivity index (χ0v) is 18.5. The van der Waals surface area contributed by atoms with Gasteiger partial charge in [-0.3, -0.25) is 9.69 Å². The Balaban J connectivity index is 1.99. The van der Waals surface area contributed by atoms with E-state index in [9.17, 15) is 9.90 Å². The van der Waals surface area contributed by atoms with Gasteiger partial charge in [-0.15, -0.1) is 0 Å². The highest BCUT2D eigenvalue weighted by Gasteiger charge is 2.38. The summed E-state index contributed by atoms with van der Waals surface area (Å²) in [5, 5.41) is 10.2. The zero-order valence-electron chi connectivity index (χ0n) is 18.5. The van der Waals surface area contributed by atoms with Gasteiger partial charge in [0.25, 0.3) is 5.91 Å². The van der Waals surface area contributed by atoms with Crippen molar-refractivity contribution in [2.75, 3.05) is 32.7 Å². The lowest BCUT2D eigenvalue weighted by Crippen LogP contribution is -2.46. The van der Waals surface area contributed by atoms with E-state index in [2.05, 4.69) is 42.2 Å². The highest BCUT2D eigenvalue weighted by atomic mass is 16.3. The molecule has 1 N–H and O–H groups in total. The summed E-state index contributed by atoms with van der Waals surface area (Å²) in [5.74, 6) is 0.377. The van der Waals surface area contributed by atoms with E-state index in [0.29, 0.717) is 18.8 Å². The maximum absolute atomic E-state index is 12.7. The highest BCUT2D eigenvalue weighted by Crippen LogP contribution is 2.41. The molecule has 0 radical (unpaired) electrons. The van der Waals surface area contributed by atoms with Crippen molar-refractivity contribution in [1.82, 2.24) is 9.80 Å². The quantitative estimate of drug-likeness (QED) is 0.670. The molecule has 1 fully saturated rings. The second-order valence-electron chi connectivity index (χ2n) is 8.09. The van der Waals surface area contributed by atoms with Crippen molar-refractivity contribution >= 4 is 5.91 Å². The van der Waals surface area contributed by atoms with E-state index in [-0.39, 0.29) is 11.3 Å². The SMILES string of the molecule is C/C=C/CN1CCCC(c2ccc(C(=O)N(CC)CC)cc2)(c2cccc(O)c2)C1. The summed E-state index contributed by atoms with van der Waals surface area (Å²) in [6, 6.07) is 15.8. The van der Waals surface area contributed by atoms with Crippen LogP contribution >= 0.6 is 0 Å². The van der Waals surface area contributed by atoms with Gasteiger partial charge in [-0.1, -0.05) is 36.4 Å². The molecular formula is C26H34N2O2. The normalized spacial score (nSPS) is 19.8. The Hall–Kier alpha value is -2.59. The van der Waals surface area contributed by atoms with Gasteiger partial charge in [0.2, 0.25) is 0 Å². The fourth-order valence-corrected chi connectivity index (χ4v) is 4.62. The van der Waals surface area contributed by atoms with Crippen LogP contribution in [0.2, 0.25) is 0 Å². The Bertz CT molecular complexity index is 871. The number of carbonyl (C=O) groups excluding carboxylic acids is 1. The van der Waals surface area contributed by atoms with Crippen molar-refractivity contribution < 1.29 is 9.90 Å². The van der Waals surface area contributed by atoms with E-state index in [1.54, 1.807) is 6.07 Å². The number of hydrogen-bond donors (Lipinski definition) is 1. The molecule has 1 aliphatic heterocycles. The minimum absolute atomic E-state index is 0.0799. The second kappa shape index (κ2) is 9.94. The largest absolute Gasteiger partial charge is 0.508 e. The van der Waals surface area contributed by atoms with Crippen molar-refractivity contribution in [2.24, 2.45) is 0 Å². The first kappa shape index (κ1) is 22.1. The molecule has 2 aromatic rings. The first-order chi connectivity index (χ1) is 14.5. The molecule has 1 amide bonds. The number of allylic oxidation sites excluding steroid dienone is 1. The van der Waals surface area contributed by atoms with Gasteiger partial charge in [-0.25, -0.2) is 0 Å². The molecule has 1 unspecified atom stereocenters. The van der Waals surface area contributed by atoms with E-state index in [1.165, 1.54) is 5.56 Å². The number of piperidine rings is 1. The minimum atomic E-state index is -0.199. The summed E-state index contributed by atoms with van der Waals surface area (Å²) in [6.45, 7) is 10.4. The number of phenolic OH excluding ortho intramolecular Hbond substituents is 1. The van der Waals surface area contributed by atoms with Gasteiger partial charge in [0.05, 0.1) is 0 Å². The van der Waals surface area contributed by atoms with Crippen LogP contribution in [-0.2, 0) is 5.41 Å². The monoisotopic (exact) mass is 406 g/mol. The number of carbonyl (C=O) groups is 1. The van der Waals surface area contributed by atoms with Crippen molar-refractivity contribution in [3.05, 3.63) is 77.4 Å². The summed E-state index contributed by atoms with van der Waals surface area (Å²) in [6.07, 6.45) is 6.40. The molecule has 1 saturated heterocycles. The van der Waals surface area contributed by atoms with Crippen molar-refractivity contribution in [2.45, 2.75) is 39.0 Å². The molecule has 3 rings (SSSR count). The third-order valence-electron chi connectivity index (χ3n) is 6.30. The minimum Gasteiger partial charge on any atom is -0.508 e. The molecule has 160 valence electrons. The molecular weight excluding hydrogens is 372 g/mol. The first-order valence-corrected chi connectivity index (χ1v) is 11.1. The van der Waals surface area contributed by atoms with Crippen LogP contribution in [0.1, 0.15) is 55.1 Å². The summed E-state index contributed by atoms with van der Waals surface area (Å²) >= 11 is 0. The summed E-state index contributed by atoms with van der Waals surface area (Å²) in [5.41, 5.74) is 2.87. The highest BCUT2D eigenvalue weighted by molar-refractivity contribution is 5.94. The van der Waals surface area contributed by atoms with Crippen LogP contribution in [0.3, 0.4) is 0 Å². The van der Waals surface area contributed by atoms with Crippen LogP contribution in [0.5, 0.6) is 5.75 Å². The van der Waals surface area contributed by atoms with Gasteiger partial charge < -0.3 is 10.0 Å². The Morgan fingerprint density at radius 3 is 2.50 bits per heavy atom. The van der Waals surface area contributed by atoms with Gasteiger partial charge in [-0.2, -0.15) is 0 Å². The molecule has 0 aromatic heterocycles. The van der Waals surface area contributed by atoms with E-state index >= 15 is 0 Å². The molecule has 4 nitrogen and oxygen atoms in total. The van der Waals surface area contributed by atoms with Crippen LogP contribution in [-0.4, -0.2) is 53.5 Å². The van der Waals surface area contributed by atoms with Crippen LogP contribution in [0.15, 0.2) is 60.7 Å². The van der Waals surface area contributed by atoms with Gasteiger partial charge in [0, 0.05) is 37.2 Å². The predicted molar refractivity (Wildman–Crippen MR) is 123 cm³/mol. The standard InChI is InChI=1S/C26H34N2O2/c1-4-7-17-27-18-9-16-26(20-27,23-10-8-11-24(29)19-23)22-14-12-21(13-15-22)25(30)28(5-2)6-3/h4,7-8,10-15,19,29H,5-6,9,16-18,20H2,1-3H3/b7-4+. The van der Waals surface area contributed by atoms with Crippen LogP contribution < -0.4 is 0 Å². The molecule has 1 aliphatic rings. The molecule has 2 aromatic carbocycles. The Kier molecular flexibility index (Phi) is 7.33. The van der Waals surface area contributed by atoms with Gasteiger partial charge >= 0.3 is 0 Å². The molecule has 30 heavy (non-hydrogen) atoms. The number of benzene rings is 2. The topological polar surface area (TPSA) is 43.8 Å². The third kappa shape index (κ3) is 4.59. The predicted octanol–water partition coefficient (Wildman–Crippen LogP) is 4.83. The van der Waals surface area contributed by atoms with Gasteiger partial charge in [-0.05, 0) is 75.5 Å². The van der Waals surface area contributed by atoms with Crippen molar-refractivity contribution in [1.29, 1.82) is 0 Å². The van der Waals surface area contributed by atoms with Crippen molar-refractivity contribution in [3.8, 4) is 5.75 Å². The lowest BCUT2D eigenvalue weighted by molar-refractivity contribution is 0.0773. The fourth-order valence-electron chi connectivity index (χ4n) is 4.62. The lowest BCUT2D eigenvalue weighted by atomic mass is 9.69. The number of phenols is 1. The number of likely N-dealkylation sites (tertiary alicyclic amines) is 1. The maximum atomic E-state index is 12.7. The number of hydrogen-bond acceptors (Lipinski definition) is 3. The lowest BCUT2D eigenvalue weighted by Gasteiger charge is -2.44. The average Bonchev–Trinajstić information content (AvgIpc) is 2.78. The molecule has 0 saturated carbocycles. The van der Waals surface area contributed by atoms with E-state index in [4.69, 9.17) is 0 Å². The summed E-state index contributed by atoms with van der Waals surface area (Å²) in [4.78, 5) is 17.1. The maximum Gasteiger partial charge on any atom is 0.253 e. The third-order valence-corrected chi connectivity index (χ3v) is 6.30. The molecule has 1 heterocycles. The van der Waals surface area contributed by atoms with Crippen LogP contribution in [0.4, 0.5) is 0 Å². The van der Waals surface area contributed by atoms with E-state index < -0.39 is 0 Å². The molecule has 4 heteroatoms. The summed E-state index contributed by atoms with van der Waals surface area (Å²) in [7, 11) is 0. The smallest absolute Gasteiger partial charge is 0.253 e. The molecule has 1 atom stereocenters. The zero-order chi connectivity index (χ0) is 21.6. The Morgan fingerprint density at radius 2 is 1.87 bits per heavy atom. The van der Waals surface area contributed by atoms with Crippen molar-refractivity contribution in [3.63, 3.8) is 0 Å². The molecule has 0 bridgehead atoms. The Morgan fingerprint density at radius 1 is 1.13 bits per heavy atom. The van der Waals surface area contributed by atoms with Crippen LogP contribution in [0.25, 0.3) is 0 Å². The summed E-state index contributed by atoms with van der Waals surface area (Å²) < 4.78 is 0. The number of nitrogens with zero attached hydrogens (tertiary/aromatic N) is 2. The number of amides is 1. The molecule has 0 spiro atoms. The average molecular weight is 407 g/mol. The fraction of sp³-hybridized carbons (Fsp3) is 0.423. The van der Waals surface area contributed by atoms with Gasteiger partial charge in [0.15, 0.2) is 0 Å². The first-order valence-electron chi connectivity index (χ1n) is 11.1. The Labute approximate surface area is 180 Å². The van der Waals surface area contributed by atoms with E-state index in [1.807, 2.05) is 43.0 Å².